The number of benzene rings is 2. The van der Waals surface area contributed by atoms with Crippen LogP contribution in [0.1, 0.15) is 22.3 Å². The van der Waals surface area contributed by atoms with Gasteiger partial charge < -0.3 is 15.5 Å². The number of phenolic OH excluding ortho intramolecular Hbond substituents is 2. The summed E-state index contributed by atoms with van der Waals surface area (Å²) in [5, 5.41) is 22.1. The average Bonchev–Trinajstić information content (AvgIpc) is 2.38. The van der Waals surface area contributed by atoms with Crippen molar-refractivity contribution in [3.8, 4) is 11.5 Å². The summed E-state index contributed by atoms with van der Waals surface area (Å²) in [5.41, 5.74) is 2.97. The number of hydrogen-bond acceptors (Lipinski definition) is 3. The molecule has 2 aromatic rings. The highest BCUT2D eigenvalue weighted by Crippen LogP contribution is 2.22. The maximum atomic E-state index is 13.5. The predicted octanol–water partition coefficient (Wildman–Crippen LogP) is 3.14. The van der Waals surface area contributed by atoms with Crippen molar-refractivity contribution in [2.24, 2.45) is 0 Å². The SMILES string of the molecule is Cc1cc(CNCc2ccc(O)cc2O)cc(C)c1F. The van der Waals surface area contributed by atoms with Crippen LogP contribution in [0, 0.1) is 19.7 Å². The number of phenols is 2. The molecule has 0 aliphatic heterocycles. The maximum Gasteiger partial charge on any atom is 0.129 e. The first-order valence-electron chi connectivity index (χ1n) is 6.44. The summed E-state index contributed by atoms with van der Waals surface area (Å²) in [4.78, 5) is 0. The summed E-state index contributed by atoms with van der Waals surface area (Å²) in [6, 6.07) is 8.13. The highest BCUT2D eigenvalue weighted by molar-refractivity contribution is 5.39. The molecule has 4 heteroatoms. The molecule has 0 amide bonds. The van der Waals surface area contributed by atoms with Crippen molar-refractivity contribution >= 4 is 0 Å². The number of nitrogens with one attached hydrogen (secondary N) is 1. The topological polar surface area (TPSA) is 52.5 Å². The number of aromatic hydroxyl groups is 2. The van der Waals surface area contributed by atoms with E-state index in [-0.39, 0.29) is 17.3 Å². The summed E-state index contributed by atoms with van der Waals surface area (Å²) in [7, 11) is 0. The minimum Gasteiger partial charge on any atom is -0.508 e. The van der Waals surface area contributed by atoms with Gasteiger partial charge in [0.2, 0.25) is 0 Å². The van der Waals surface area contributed by atoms with Gasteiger partial charge in [0.05, 0.1) is 0 Å². The molecule has 0 fully saturated rings. The molecule has 0 radical (unpaired) electrons. The molecule has 0 bridgehead atoms. The Morgan fingerprint density at radius 3 is 2.25 bits per heavy atom. The molecule has 2 rings (SSSR count). The van der Waals surface area contributed by atoms with Crippen LogP contribution in [0.5, 0.6) is 11.5 Å². The van der Waals surface area contributed by atoms with Crippen molar-refractivity contribution in [3.05, 3.63) is 58.4 Å². The van der Waals surface area contributed by atoms with Crippen molar-refractivity contribution in [2.75, 3.05) is 0 Å². The molecule has 3 nitrogen and oxygen atoms in total. The molecule has 0 heterocycles. The minimum atomic E-state index is -0.162. The molecule has 0 saturated carbocycles. The van der Waals surface area contributed by atoms with Crippen LogP contribution in [0.25, 0.3) is 0 Å². The lowest BCUT2D eigenvalue weighted by molar-refractivity contribution is 0.443. The van der Waals surface area contributed by atoms with E-state index in [1.165, 1.54) is 12.1 Å². The fourth-order valence-corrected chi connectivity index (χ4v) is 2.18. The lowest BCUT2D eigenvalue weighted by Crippen LogP contribution is -2.13. The van der Waals surface area contributed by atoms with E-state index in [9.17, 15) is 14.6 Å². The molecule has 3 N–H and O–H groups in total. The molecule has 0 aromatic heterocycles. The van der Waals surface area contributed by atoms with Gasteiger partial charge in [-0.15, -0.1) is 0 Å². The number of halogens is 1. The summed E-state index contributed by atoms with van der Waals surface area (Å²) >= 11 is 0. The largest absolute Gasteiger partial charge is 0.508 e. The van der Waals surface area contributed by atoms with Crippen LogP contribution in [0.4, 0.5) is 4.39 Å². The lowest BCUT2D eigenvalue weighted by Gasteiger charge is -2.09. The van der Waals surface area contributed by atoms with E-state index in [1.807, 2.05) is 12.1 Å². The quantitative estimate of drug-likeness (QED) is 0.803. The smallest absolute Gasteiger partial charge is 0.129 e. The zero-order valence-electron chi connectivity index (χ0n) is 11.6. The molecule has 0 spiro atoms. The first kappa shape index (κ1) is 14.3. The molecule has 0 saturated heterocycles. The second kappa shape index (κ2) is 5.92. The number of hydrogen-bond donors (Lipinski definition) is 3. The molecule has 2 aromatic carbocycles. The number of rotatable bonds is 4. The highest BCUT2D eigenvalue weighted by atomic mass is 19.1. The van der Waals surface area contributed by atoms with E-state index in [2.05, 4.69) is 5.32 Å². The average molecular weight is 275 g/mol. The Balaban J connectivity index is 1.99. The van der Waals surface area contributed by atoms with Gasteiger partial charge in [0, 0.05) is 24.7 Å². The van der Waals surface area contributed by atoms with Crippen molar-refractivity contribution in [1.29, 1.82) is 0 Å². The van der Waals surface area contributed by atoms with E-state index in [0.717, 1.165) is 5.56 Å². The second-order valence-corrected chi connectivity index (χ2v) is 4.96. The molecular weight excluding hydrogens is 257 g/mol. The Bertz CT molecular complexity index is 603. The Labute approximate surface area is 117 Å². The van der Waals surface area contributed by atoms with Gasteiger partial charge >= 0.3 is 0 Å². The van der Waals surface area contributed by atoms with Gasteiger partial charge in [-0.1, -0.05) is 18.2 Å². The van der Waals surface area contributed by atoms with E-state index in [0.29, 0.717) is 29.8 Å². The van der Waals surface area contributed by atoms with Crippen LogP contribution in [0.3, 0.4) is 0 Å². The lowest BCUT2D eigenvalue weighted by atomic mass is 10.1. The number of aryl methyl sites for hydroxylation is 2. The van der Waals surface area contributed by atoms with Crippen LogP contribution >= 0.6 is 0 Å². The van der Waals surface area contributed by atoms with Gasteiger partial charge in [0.25, 0.3) is 0 Å². The summed E-state index contributed by atoms with van der Waals surface area (Å²) in [6.07, 6.45) is 0. The van der Waals surface area contributed by atoms with Crippen LogP contribution < -0.4 is 5.32 Å². The van der Waals surface area contributed by atoms with Gasteiger partial charge in [-0.25, -0.2) is 4.39 Å². The van der Waals surface area contributed by atoms with Crippen LogP contribution in [-0.2, 0) is 13.1 Å². The Morgan fingerprint density at radius 1 is 1.00 bits per heavy atom. The molecule has 0 atom stereocenters. The first-order chi connectivity index (χ1) is 9.47. The zero-order valence-corrected chi connectivity index (χ0v) is 11.6. The third-order valence-corrected chi connectivity index (χ3v) is 3.21. The minimum absolute atomic E-state index is 0.0380. The maximum absolute atomic E-state index is 13.5. The monoisotopic (exact) mass is 275 g/mol. The normalized spacial score (nSPS) is 10.8. The highest BCUT2D eigenvalue weighted by Gasteiger charge is 2.05. The summed E-state index contributed by atoms with van der Waals surface area (Å²) in [5.74, 6) is -0.0649. The molecule has 0 aliphatic rings. The van der Waals surface area contributed by atoms with Crippen LogP contribution in [-0.4, -0.2) is 10.2 Å². The standard InChI is InChI=1S/C16H18FNO2/c1-10-5-12(6-11(2)16(10)17)8-18-9-13-3-4-14(19)7-15(13)20/h3-7,18-20H,8-9H2,1-2H3. The Hall–Kier alpha value is -2.07. The van der Waals surface area contributed by atoms with Gasteiger partial charge in [0.15, 0.2) is 0 Å². The van der Waals surface area contributed by atoms with Gasteiger partial charge in [-0.05, 0) is 36.6 Å². The van der Waals surface area contributed by atoms with Gasteiger partial charge in [-0.3, -0.25) is 0 Å². The van der Waals surface area contributed by atoms with E-state index in [1.54, 1.807) is 19.9 Å². The fraction of sp³-hybridized carbons (Fsp3) is 0.250. The van der Waals surface area contributed by atoms with Crippen molar-refractivity contribution in [2.45, 2.75) is 26.9 Å². The van der Waals surface area contributed by atoms with Gasteiger partial charge in [0.1, 0.15) is 17.3 Å². The van der Waals surface area contributed by atoms with Crippen molar-refractivity contribution in [3.63, 3.8) is 0 Å². The molecule has 0 aliphatic carbocycles. The van der Waals surface area contributed by atoms with E-state index in [4.69, 9.17) is 0 Å². The molecular formula is C16H18FNO2. The summed E-state index contributed by atoms with van der Waals surface area (Å²) in [6.45, 7) is 4.55. The van der Waals surface area contributed by atoms with Crippen molar-refractivity contribution in [1.82, 2.24) is 5.32 Å². The third kappa shape index (κ3) is 3.27. The van der Waals surface area contributed by atoms with E-state index < -0.39 is 0 Å². The first-order valence-corrected chi connectivity index (χ1v) is 6.44. The second-order valence-electron chi connectivity index (χ2n) is 4.96. The van der Waals surface area contributed by atoms with E-state index >= 15 is 0 Å². The summed E-state index contributed by atoms with van der Waals surface area (Å²) < 4.78 is 13.5. The molecule has 106 valence electrons. The fourth-order valence-electron chi connectivity index (χ4n) is 2.18. The zero-order chi connectivity index (χ0) is 14.7. The predicted molar refractivity (Wildman–Crippen MR) is 76.2 cm³/mol. The third-order valence-electron chi connectivity index (χ3n) is 3.21. The molecule has 20 heavy (non-hydrogen) atoms. The Kier molecular flexibility index (Phi) is 4.25. The van der Waals surface area contributed by atoms with Crippen LogP contribution in [0.2, 0.25) is 0 Å². The van der Waals surface area contributed by atoms with Crippen LogP contribution in [0.15, 0.2) is 30.3 Å². The van der Waals surface area contributed by atoms with Gasteiger partial charge in [-0.2, -0.15) is 0 Å². The Morgan fingerprint density at radius 2 is 1.65 bits per heavy atom. The van der Waals surface area contributed by atoms with Crippen molar-refractivity contribution < 1.29 is 14.6 Å². The molecule has 0 unspecified atom stereocenters.